The predicted molar refractivity (Wildman–Crippen MR) is 93.3 cm³/mol. The molecule has 24 heavy (non-hydrogen) atoms. The fourth-order valence-electron chi connectivity index (χ4n) is 3.58. The van der Waals surface area contributed by atoms with Crippen LogP contribution in [0.1, 0.15) is 22.5 Å². The molecule has 1 aromatic heterocycles. The molecule has 2 N–H and O–H groups in total. The van der Waals surface area contributed by atoms with Gasteiger partial charge in [0.15, 0.2) is 0 Å². The number of hydrogen-bond acceptors (Lipinski definition) is 4. The quantitative estimate of drug-likeness (QED) is 0.890. The van der Waals surface area contributed by atoms with E-state index < -0.39 is 0 Å². The molecular formula is C18H25N3O3. The molecule has 0 aliphatic carbocycles. The van der Waals surface area contributed by atoms with E-state index in [1.165, 1.54) is 0 Å². The first kappa shape index (κ1) is 16.8. The van der Waals surface area contributed by atoms with Gasteiger partial charge in [-0.15, -0.1) is 0 Å². The van der Waals surface area contributed by atoms with Crippen LogP contribution in [0.5, 0.6) is 5.75 Å². The lowest BCUT2D eigenvalue weighted by Crippen LogP contribution is -2.53. The molecule has 1 saturated heterocycles. The summed E-state index contributed by atoms with van der Waals surface area (Å²) >= 11 is 0. The highest BCUT2D eigenvalue weighted by Crippen LogP contribution is 2.29. The summed E-state index contributed by atoms with van der Waals surface area (Å²) in [6.07, 6.45) is 0.662. The number of rotatable bonds is 3. The van der Waals surface area contributed by atoms with E-state index in [1.807, 2.05) is 36.6 Å². The largest absolute Gasteiger partial charge is 0.508 e. The van der Waals surface area contributed by atoms with E-state index >= 15 is 0 Å². The van der Waals surface area contributed by atoms with Crippen LogP contribution in [0.15, 0.2) is 18.2 Å². The van der Waals surface area contributed by atoms with E-state index in [4.69, 9.17) is 0 Å². The number of phenolic OH excluding ortho intramolecular Hbond substituents is 1. The van der Waals surface area contributed by atoms with Gasteiger partial charge < -0.3 is 19.7 Å². The molecule has 0 spiro atoms. The van der Waals surface area contributed by atoms with Gasteiger partial charge in [-0.05, 0) is 38.6 Å². The van der Waals surface area contributed by atoms with Crippen molar-refractivity contribution >= 4 is 16.8 Å². The number of aromatic hydroxyl groups is 1. The molecule has 6 heteroatoms. The van der Waals surface area contributed by atoms with Crippen molar-refractivity contribution in [2.75, 3.05) is 33.3 Å². The highest BCUT2D eigenvalue weighted by molar-refractivity contribution is 6.08. The average molecular weight is 331 g/mol. The monoisotopic (exact) mass is 331 g/mol. The van der Waals surface area contributed by atoms with Crippen LogP contribution >= 0.6 is 0 Å². The van der Waals surface area contributed by atoms with Gasteiger partial charge >= 0.3 is 0 Å². The number of nitrogens with zero attached hydrogens (tertiary/aromatic N) is 3. The molecule has 1 aromatic carbocycles. The first-order valence-corrected chi connectivity index (χ1v) is 8.32. The third kappa shape index (κ3) is 2.76. The number of aryl methyl sites for hydroxylation is 1. The Balaban J connectivity index is 1.97. The van der Waals surface area contributed by atoms with Crippen LogP contribution < -0.4 is 0 Å². The van der Waals surface area contributed by atoms with Crippen LogP contribution in [0.25, 0.3) is 10.9 Å². The lowest BCUT2D eigenvalue weighted by molar-refractivity contribution is 0.0501. The van der Waals surface area contributed by atoms with Crippen LogP contribution in [-0.2, 0) is 7.05 Å². The van der Waals surface area contributed by atoms with Gasteiger partial charge in [0.1, 0.15) is 5.75 Å². The van der Waals surface area contributed by atoms with E-state index in [0.717, 1.165) is 23.1 Å². The second-order valence-corrected chi connectivity index (χ2v) is 6.62. The smallest absolute Gasteiger partial charge is 0.256 e. The topological polar surface area (TPSA) is 68.9 Å². The molecule has 1 atom stereocenters. The zero-order valence-electron chi connectivity index (χ0n) is 14.5. The molecule has 6 nitrogen and oxygen atoms in total. The number of aliphatic hydroxyl groups is 1. The zero-order chi connectivity index (χ0) is 17.4. The number of aromatic nitrogens is 1. The minimum atomic E-state index is -0.000241. The molecule has 0 bridgehead atoms. The number of aliphatic hydroxyl groups excluding tert-OH is 1. The normalized spacial score (nSPS) is 19.2. The van der Waals surface area contributed by atoms with Gasteiger partial charge in [-0.2, -0.15) is 0 Å². The lowest BCUT2D eigenvalue weighted by atomic mass is 10.1. The second kappa shape index (κ2) is 6.45. The highest BCUT2D eigenvalue weighted by Gasteiger charge is 2.30. The third-order valence-corrected chi connectivity index (χ3v) is 5.22. The van der Waals surface area contributed by atoms with Gasteiger partial charge in [-0.25, -0.2) is 0 Å². The maximum Gasteiger partial charge on any atom is 0.256 e. The maximum atomic E-state index is 13.2. The van der Waals surface area contributed by atoms with Gasteiger partial charge in [0.05, 0.1) is 5.56 Å². The van der Waals surface area contributed by atoms with Crippen LogP contribution in [0.4, 0.5) is 0 Å². The number of hydrogen-bond donors (Lipinski definition) is 2. The number of fused-ring (bicyclic) bond motifs is 1. The van der Waals surface area contributed by atoms with Crippen molar-refractivity contribution in [2.24, 2.45) is 7.05 Å². The summed E-state index contributed by atoms with van der Waals surface area (Å²) in [5.41, 5.74) is 2.50. The Morgan fingerprint density at radius 1 is 1.29 bits per heavy atom. The molecule has 1 aliphatic heterocycles. The summed E-state index contributed by atoms with van der Waals surface area (Å²) in [5, 5.41) is 19.9. The number of likely N-dealkylation sites (N-methyl/N-ethyl adjacent to an activating group) is 1. The summed E-state index contributed by atoms with van der Waals surface area (Å²) in [7, 11) is 3.97. The summed E-state index contributed by atoms with van der Waals surface area (Å²) in [5.74, 6) is 0.165. The van der Waals surface area contributed by atoms with Crippen LogP contribution in [0.2, 0.25) is 0 Å². The molecule has 3 rings (SSSR count). The van der Waals surface area contributed by atoms with Crippen molar-refractivity contribution in [3.63, 3.8) is 0 Å². The number of carbonyl (C=O) groups is 1. The van der Waals surface area contributed by atoms with E-state index in [1.54, 1.807) is 12.1 Å². The molecule has 130 valence electrons. The fourth-order valence-corrected chi connectivity index (χ4v) is 3.58. The van der Waals surface area contributed by atoms with Crippen molar-refractivity contribution in [3.8, 4) is 5.75 Å². The molecule has 1 aliphatic rings. The Labute approximate surface area is 141 Å². The fraction of sp³-hybridized carbons (Fsp3) is 0.500. The second-order valence-electron chi connectivity index (χ2n) is 6.62. The third-order valence-electron chi connectivity index (χ3n) is 5.22. The molecule has 0 saturated carbocycles. The Morgan fingerprint density at radius 2 is 2.04 bits per heavy atom. The van der Waals surface area contributed by atoms with Crippen molar-refractivity contribution in [3.05, 3.63) is 29.5 Å². The molecule has 2 aromatic rings. The van der Waals surface area contributed by atoms with Gasteiger partial charge in [-0.1, -0.05) is 0 Å². The average Bonchev–Trinajstić information content (AvgIpc) is 2.80. The van der Waals surface area contributed by atoms with E-state index in [0.29, 0.717) is 25.1 Å². The Bertz CT molecular complexity index is 768. The zero-order valence-corrected chi connectivity index (χ0v) is 14.5. The van der Waals surface area contributed by atoms with Crippen molar-refractivity contribution in [1.82, 2.24) is 14.4 Å². The number of amides is 1. The summed E-state index contributed by atoms with van der Waals surface area (Å²) in [6, 6.07) is 5.32. The van der Waals surface area contributed by atoms with Gasteiger partial charge in [0.2, 0.25) is 0 Å². The molecule has 1 fully saturated rings. The number of piperazine rings is 1. The molecule has 1 unspecified atom stereocenters. The molecule has 0 radical (unpaired) electrons. The molecular weight excluding hydrogens is 306 g/mol. The van der Waals surface area contributed by atoms with Gasteiger partial charge in [0, 0.05) is 55.9 Å². The van der Waals surface area contributed by atoms with Crippen molar-refractivity contribution < 1.29 is 15.0 Å². The predicted octanol–water partition coefficient (Wildman–Crippen LogP) is 1.33. The maximum absolute atomic E-state index is 13.2. The first-order valence-electron chi connectivity index (χ1n) is 8.32. The number of benzene rings is 1. The minimum absolute atomic E-state index is 0.000241. The highest BCUT2D eigenvalue weighted by atomic mass is 16.3. The summed E-state index contributed by atoms with van der Waals surface area (Å²) < 4.78 is 1.99. The van der Waals surface area contributed by atoms with E-state index in [-0.39, 0.29) is 24.3 Å². The summed E-state index contributed by atoms with van der Waals surface area (Å²) in [4.78, 5) is 17.2. The SMILES string of the molecule is Cc1c(C(=O)N2CCN(C)C(CCO)C2)c2cc(O)ccc2n1C. The van der Waals surface area contributed by atoms with Crippen LogP contribution in [0.3, 0.4) is 0 Å². The van der Waals surface area contributed by atoms with E-state index in [2.05, 4.69) is 4.90 Å². The Hall–Kier alpha value is -2.05. The van der Waals surface area contributed by atoms with Crippen LogP contribution in [-0.4, -0.2) is 69.8 Å². The van der Waals surface area contributed by atoms with Gasteiger partial charge in [0.25, 0.3) is 5.91 Å². The van der Waals surface area contributed by atoms with Gasteiger partial charge in [-0.3, -0.25) is 9.69 Å². The lowest BCUT2D eigenvalue weighted by Gasteiger charge is -2.39. The Kier molecular flexibility index (Phi) is 4.51. The van der Waals surface area contributed by atoms with E-state index in [9.17, 15) is 15.0 Å². The molecule has 2 heterocycles. The molecule has 1 amide bonds. The first-order chi connectivity index (χ1) is 11.4. The Morgan fingerprint density at radius 3 is 2.75 bits per heavy atom. The minimum Gasteiger partial charge on any atom is -0.508 e. The number of phenols is 1. The van der Waals surface area contributed by atoms with Crippen molar-refractivity contribution in [2.45, 2.75) is 19.4 Å². The van der Waals surface area contributed by atoms with Crippen LogP contribution in [0, 0.1) is 6.92 Å². The standard InChI is InChI=1S/C18H25N3O3/c1-12-17(15-10-14(23)4-5-16(15)20(12)3)18(24)21-8-7-19(2)13(11-21)6-9-22/h4-5,10,13,22-23H,6-9,11H2,1-3H3. The number of carbonyl (C=O) groups excluding carboxylic acids is 1. The summed E-state index contributed by atoms with van der Waals surface area (Å²) in [6.45, 7) is 4.14. The van der Waals surface area contributed by atoms with Crippen molar-refractivity contribution in [1.29, 1.82) is 0 Å².